The van der Waals surface area contributed by atoms with E-state index < -0.39 is 5.60 Å². The lowest BCUT2D eigenvalue weighted by atomic mass is 9.84. The van der Waals surface area contributed by atoms with Crippen LogP contribution in [0.1, 0.15) is 18.4 Å². The molecule has 6 rings (SSSR count). The lowest BCUT2D eigenvalue weighted by Crippen LogP contribution is -2.72. The van der Waals surface area contributed by atoms with Crippen molar-refractivity contribution in [2.45, 2.75) is 30.9 Å². The van der Waals surface area contributed by atoms with E-state index in [1.54, 1.807) is 4.90 Å². The Labute approximate surface area is 180 Å². The van der Waals surface area contributed by atoms with Gasteiger partial charge in [0.15, 0.2) is 5.60 Å². The summed E-state index contributed by atoms with van der Waals surface area (Å²) in [7, 11) is 1.99. The van der Waals surface area contributed by atoms with Gasteiger partial charge in [-0.05, 0) is 24.5 Å². The van der Waals surface area contributed by atoms with Crippen molar-refractivity contribution in [1.82, 2.24) is 19.3 Å². The third kappa shape index (κ3) is 2.84. The Kier molecular flexibility index (Phi) is 3.91. The van der Waals surface area contributed by atoms with Crippen LogP contribution in [0.4, 0.5) is 4.79 Å². The van der Waals surface area contributed by atoms with Crippen molar-refractivity contribution in [1.29, 1.82) is 0 Å². The maximum atomic E-state index is 13.2. The Morgan fingerprint density at radius 1 is 1.13 bits per heavy atom. The molecule has 1 atom stereocenters. The molecule has 0 radical (unpaired) electrons. The lowest BCUT2D eigenvalue weighted by molar-refractivity contribution is -0.158. The third-order valence-electron chi connectivity index (χ3n) is 7.34. The van der Waals surface area contributed by atoms with Gasteiger partial charge in [-0.3, -0.25) is 14.5 Å². The van der Waals surface area contributed by atoms with E-state index in [2.05, 4.69) is 6.07 Å². The number of aryl methyl sites for hydroxylation is 1. The maximum Gasteiger partial charge on any atom is 0.411 e. The number of likely N-dealkylation sites (tertiary alicyclic amines) is 1. The summed E-state index contributed by atoms with van der Waals surface area (Å²) in [5, 5.41) is 1.10. The van der Waals surface area contributed by atoms with Crippen molar-refractivity contribution in [3.8, 4) is 0 Å². The molecule has 4 heterocycles. The van der Waals surface area contributed by atoms with Gasteiger partial charge in [-0.2, -0.15) is 0 Å². The Morgan fingerprint density at radius 3 is 2.68 bits per heavy atom. The van der Waals surface area contributed by atoms with E-state index in [1.807, 2.05) is 45.8 Å². The zero-order chi connectivity index (χ0) is 21.3. The molecule has 3 amide bonds. The van der Waals surface area contributed by atoms with Gasteiger partial charge in [0.1, 0.15) is 0 Å². The summed E-state index contributed by atoms with van der Waals surface area (Å²) in [4.78, 5) is 43.4. The summed E-state index contributed by atoms with van der Waals surface area (Å²) in [5.41, 5.74) is 1.46. The minimum absolute atomic E-state index is 0.0655. The summed E-state index contributed by atoms with van der Waals surface area (Å²) in [6.45, 7) is 2.33. The van der Waals surface area contributed by atoms with Crippen molar-refractivity contribution in [2.24, 2.45) is 13.0 Å². The van der Waals surface area contributed by atoms with E-state index in [4.69, 9.17) is 4.74 Å². The molecule has 3 saturated heterocycles. The van der Waals surface area contributed by atoms with E-state index in [9.17, 15) is 14.4 Å². The van der Waals surface area contributed by atoms with E-state index in [-0.39, 0.29) is 29.9 Å². The van der Waals surface area contributed by atoms with Gasteiger partial charge in [-0.15, -0.1) is 0 Å². The van der Waals surface area contributed by atoms with Crippen LogP contribution in [0.3, 0.4) is 0 Å². The molecule has 1 saturated carbocycles. The first-order valence-electron chi connectivity index (χ1n) is 11.0. The highest BCUT2D eigenvalue weighted by molar-refractivity contribution is 5.89. The van der Waals surface area contributed by atoms with Gasteiger partial charge in [0.2, 0.25) is 11.8 Å². The van der Waals surface area contributed by atoms with Crippen LogP contribution < -0.4 is 0 Å². The number of carbonyl (C=O) groups excluding carboxylic acids is 3. The first kappa shape index (κ1) is 18.7. The predicted molar refractivity (Wildman–Crippen MR) is 112 cm³/mol. The first-order valence-corrected chi connectivity index (χ1v) is 11.0. The van der Waals surface area contributed by atoms with Crippen LogP contribution in [0.15, 0.2) is 30.5 Å². The molecule has 1 aliphatic carbocycles. The molecule has 1 aromatic heterocycles. The van der Waals surface area contributed by atoms with Gasteiger partial charge in [-0.25, -0.2) is 4.79 Å². The number of carbonyl (C=O) groups is 3. The average Bonchev–Trinajstić information content (AvgIpc) is 3.49. The van der Waals surface area contributed by atoms with Gasteiger partial charge >= 0.3 is 6.09 Å². The smallest absolute Gasteiger partial charge is 0.411 e. The molecule has 1 unspecified atom stereocenters. The molecule has 8 nitrogen and oxygen atoms in total. The summed E-state index contributed by atoms with van der Waals surface area (Å²) >= 11 is 0. The second-order valence-electron chi connectivity index (χ2n) is 9.41. The van der Waals surface area contributed by atoms with Crippen molar-refractivity contribution in [2.75, 3.05) is 32.7 Å². The highest BCUT2D eigenvalue weighted by Crippen LogP contribution is 2.42. The number of benzene rings is 1. The number of hydrogen-bond acceptors (Lipinski definition) is 4. The van der Waals surface area contributed by atoms with Crippen molar-refractivity contribution in [3.63, 3.8) is 0 Å². The quantitative estimate of drug-likeness (QED) is 0.749. The molecule has 3 aliphatic heterocycles. The van der Waals surface area contributed by atoms with Crippen LogP contribution in [0.25, 0.3) is 10.9 Å². The second kappa shape index (κ2) is 6.48. The second-order valence-corrected chi connectivity index (χ2v) is 9.41. The molecule has 4 aliphatic rings. The molecular formula is C23H26N4O4. The Hall–Kier alpha value is -3.03. The lowest BCUT2D eigenvalue weighted by Gasteiger charge is -2.51. The zero-order valence-electron chi connectivity index (χ0n) is 17.6. The zero-order valence-corrected chi connectivity index (χ0v) is 17.6. The molecule has 2 aromatic rings. The minimum Gasteiger partial charge on any atom is -0.437 e. The van der Waals surface area contributed by atoms with E-state index >= 15 is 0 Å². The Morgan fingerprint density at radius 2 is 1.90 bits per heavy atom. The first-order chi connectivity index (χ1) is 14.9. The fourth-order valence-corrected chi connectivity index (χ4v) is 5.44. The van der Waals surface area contributed by atoms with Crippen LogP contribution in [-0.4, -0.2) is 81.5 Å². The molecule has 0 N–H and O–H groups in total. The van der Waals surface area contributed by atoms with Gasteiger partial charge in [0, 0.05) is 49.7 Å². The normalized spacial score (nSPS) is 24.4. The summed E-state index contributed by atoms with van der Waals surface area (Å²) < 4.78 is 7.82. The van der Waals surface area contributed by atoms with Gasteiger partial charge in [0.25, 0.3) is 0 Å². The summed E-state index contributed by atoms with van der Waals surface area (Å²) in [6, 6.07) is 7.91. The highest BCUT2D eigenvalue weighted by atomic mass is 16.6. The van der Waals surface area contributed by atoms with Gasteiger partial charge < -0.3 is 19.1 Å². The average molecular weight is 422 g/mol. The molecule has 1 aromatic carbocycles. The topological polar surface area (TPSA) is 75.1 Å². The van der Waals surface area contributed by atoms with Gasteiger partial charge in [0.05, 0.1) is 25.6 Å². The number of fused-ring (bicyclic) bond motifs is 3. The Bertz CT molecular complexity index is 1100. The number of amides is 3. The standard InChI is InChI=1S/C23H26N4O4/c1-24-11-16(17-4-2-3-5-18(17)24)10-20(28)25-8-9-27-19(12-25)23(31-22(27)30)13-26(14-23)21(29)15-6-7-15/h2-5,11,15,19H,6-10,12-14H2,1H3. The molecular weight excluding hydrogens is 396 g/mol. The number of aromatic nitrogens is 1. The van der Waals surface area contributed by atoms with Crippen molar-refractivity contribution >= 4 is 28.8 Å². The van der Waals surface area contributed by atoms with E-state index in [0.29, 0.717) is 39.1 Å². The third-order valence-corrected chi connectivity index (χ3v) is 7.34. The van der Waals surface area contributed by atoms with Crippen molar-refractivity contribution < 1.29 is 19.1 Å². The molecule has 162 valence electrons. The molecule has 1 spiro atoms. The fourth-order valence-electron chi connectivity index (χ4n) is 5.44. The number of piperazine rings is 1. The van der Waals surface area contributed by atoms with E-state index in [1.165, 1.54) is 0 Å². The largest absolute Gasteiger partial charge is 0.437 e. The SMILES string of the molecule is Cn1cc(CC(=O)N2CCN3C(=O)OC4(CN(C(=O)C5CC5)C4)C3C2)c2ccccc21. The van der Waals surface area contributed by atoms with Crippen LogP contribution in [0.2, 0.25) is 0 Å². The Balaban J connectivity index is 1.17. The number of ether oxygens (including phenoxy) is 1. The van der Waals surface area contributed by atoms with Crippen molar-refractivity contribution in [3.05, 3.63) is 36.0 Å². The molecule has 4 fully saturated rings. The number of rotatable bonds is 3. The van der Waals surface area contributed by atoms with Crippen LogP contribution in [0.5, 0.6) is 0 Å². The monoisotopic (exact) mass is 422 g/mol. The number of hydrogen-bond donors (Lipinski definition) is 0. The van der Waals surface area contributed by atoms with Gasteiger partial charge in [-0.1, -0.05) is 18.2 Å². The highest BCUT2D eigenvalue weighted by Gasteiger charge is 2.63. The minimum atomic E-state index is -0.667. The molecule has 31 heavy (non-hydrogen) atoms. The van der Waals surface area contributed by atoms with E-state index in [0.717, 1.165) is 29.3 Å². The summed E-state index contributed by atoms with van der Waals surface area (Å²) in [6.07, 6.45) is 3.98. The van der Waals surface area contributed by atoms with Crippen LogP contribution >= 0.6 is 0 Å². The maximum absolute atomic E-state index is 13.2. The van der Waals surface area contributed by atoms with Crippen LogP contribution in [-0.2, 0) is 27.8 Å². The predicted octanol–water partition coefficient (Wildman–Crippen LogP) is 1.37. The molecule has 8 heteroatoms. The number of para-hydroxylation sites is 1. The van der Waals surface area contributed by atoms with Crippen LogP contribution in [0, 0.1) is 5.92 Å². The summed E-state index contributed by atoms with van der Waals surface area (Å²) in [5.74, 6) is 0.409. The fraction of sp³-hybridized carbons (Fsp3) is 0.522. The molecule has 0 bridgehead atoms. The number of nitrogens with zero attached hydrogens (tertiary/aromatic N) is 4.